The van der Waals surface area contributed by atoms with Gasteiger partial charge in [-0.1, -0.05) is 0 Å². The van der Waals surface area contributed by atoms with E-state index in [1.807, 2.05) is 0 Å². The smallest absolute Gasteiger partial charge is 0.338 e. The molecular weight excluding hydrogens is 279 g/mol. The molecule has 0 fully saturated rings. The van der Waals surface area contributed by atoms with E-state index in [2.05, 4.69) is 4.98 Å². The summed E-state index contributed by atoms with van der Waals surface area (Å²) in [6.45, 7) is 0. The van der Waals surface area contributed by atoms with Crippen LogP contribution in [0.15, 0.2) is 36.5 Å². The molecule has 0 atom stereocenters. The predicted molar refractivity (Wildman–Crippen MR) is 68.7 cm³/mol. The highest BCUT2D eigenvalue weighted by Crippen LogP contribution is 2.28. The molecule has 104 valence electrons. The maximum atomic E-state index is 13.7. The standard InChI is InChI=1S/C14H7FN2O4/c15-10-6-7(3-4-8(10)14(20)21)17-12(18)9-2-1-5-16-11(9)13(17)19/h1-6H,(H,20,21). The van der Waals surface area contributed by atoms with Crippen LogP contribution in [-0.4, -0.2) is 27.9 Å². The maximum absolute atomic E-state index is 13.7. The van der Waals surface area contributed by atoms with Crippen molar-refractivity contribution in [3.63, 3.8) is 0 Å². The predicted octanol–water partition coefficient (Wildman–Crippen LogP) is 1.72. The summed E-state index contributed by atoms with van der Waals surface area (Å²) in [5.41, 5.74) is -0.450. The molecule has 0 spiro atoms. The van der Waals surface area contributed by atoms with Crippen LogP contribution in [0.3, 0.4) is 0 Å². The van der Waals surface area contributed by atoms with E-state index in [1.54, 1.807) is 0 Å². The van der Waals surface area contributed by atoms with E-state index in [-0.39, 0.29) is 16.9 Å². The topological polar surface area (TPSA) is 87.6 Å². The quantitative estimate of drug-likeness (QED) is 0.849. The minimum Gasteiger partial charge on any atom is -0.478 e. The molecule has 0 unspecified atom stereocenters. The molecule has 0 radical (unpaired) electrons. The van der Waals surface area contributed by atoms with Gasteiger partial charge in [0.2, 0.25) is 0 Å². The minimum atomic E-state index is -1.43. The number of hydrogen-bond donors (Lipinski definition) is 1. The third-order valence-corrected chi connectivity index (χ3v) is 3.09. The number of nitrogens with zero attached hydrogens (tertiary/aromatic N) is 2. The number of hydrogen-bond acceptors (Lipinski definition) is 4. The second-order valence-corrected chi connectivity index (χ2v) is 4.31. The number of anilines is 1. The number of carbonyl (C=O) groups is 3. The number of aromatic carboxylic acids is 1. The molecule has 1 N–H and O–H groups in total. The highest BCUT2D eigenvalue weighted by Gasteiger charge is 2.38. The van der Waals surface area contributed by atoms with E-state index >= 15 is 0 Å². The number of fused-ring (bicyclic) bond motifs is 1. The van der Waals surface area contributed by atoms with E-state index in [1.165, 1.54) is 24.4 Å². The lowest BCUT2D eigenvalue weighted by Crippen LogP contribution is -2.29. The van der Waals surface area contributed by atoms with Crippen LogP contribution in [0.4, 0.5) is 10.1 Å². The van der Waals surface area contributed by atoms with Gasteiger partial charge in [0.1, 0.15) is 11.5 Å². The fraction of sp³-hybridized carbons (Fsp3) is 0. The van der Waals surface area contributed by atoms with Gasteiger partial charge < -0.3 is 5.11 Å². The van der Waals surface area contributed by atoms with E-state index in [0.717, 1.165) is 17.0 Å². The number of benzene rings is 1. The van der Waals surface area contributed by atoms with Crippen molar-refractivity contribution < 1.29 is 23.9 Å². The molecule has 7 heteroatoms. The second-order valence-electron chi connectivity index (χ2n) is 4.31. The zero-order valence-corrected chi connectivity index (χ0v) is 10.4. The van der Waals surface area contributed by atoms with Crippen molar-refractivity contribution in [2.24, 2.45) is 0 Å². The Balaban J connectivity index is 2.07. The van der Waals surface area contributed by atoms with Crippen molar-refractivity contribution in [3.05, 3.63) is 59.2 Å². The van der Waals surface area contributed by atoms with Gasteiger partial charge in [-0.2, -0.15) is 0 Å². The van der Waals surface area contributed by atoms with Crippen molar-refractivity contribution >= 4 is 23.5 Å². The SMILES string of the molecule is O=C(O)c1ccc(N2C(=O)c3cccnc3C2=O)cc1F. The van der Waals surface area contributed by atoms with E-state index < -0.39 is 29.2 Å². The Hall–Kier alpha value is -3.09. The van der Waals surface area contributed by atoms with Crippen LogP contribution >= 0.6 is 0 Å². The molecule has 6 nitrogen and oxygen atoms in total. The summed E-state index contributed by atoms with van der Waals surface area (Å²) in [6, 6.07) is 6.01. The molecule has 0 bridgehead atoms. The molecule has 1 aromatic heterocycles. The third kappa shape index (κ3) is 1.86. The summed E-state index contributed by atoms with van der Waals surface area (Å²) in [7, 11) is 0. The van der Waals surface area contributed by atoms with Crippen LogP contribution in [0.2, 0.25) is 0 Å². The monoisotopic (exact) mass is 286 g/mol. The van der Waals surface area contributed by atoms with Gasteiger partial charge in [0.15, 0.2) is 0 Å². The number of aromatic nitrogens is 1. The van der Waals surface area contributed by atoms with Gasteiger partial charge in [-0.3, -0.25) is 14.6 Å². The highest BCUT2D eigenvalue weighted by molar-refractivity contribution is 6.33. The summed E-state index contributed by atoms with van der Waals surface area (Å²) in [5, 5.41) is 8.77. The first-order valence-electron chi connectivity index (χ1n) is 5.87. The lowest BCUT2D eigenvalue weighted by molar-refractivity contribution is 0.0691. The Labute approximate surface area is 117 Å². The molecule has 0 saturated heterocycles. The summed E-state index contributed by atoms with van der Waals surface area (Å²) in [5.74, 6) is -3.74. The van der Waals surface area contributed by atoms with Gasteiger partial charge >= 0.3 is 5.97 Å². The number of amides is 2. The van der Waals surface area contributed by atoms with Gasteiger partial charge in [0.25, 0.3) is 11.8 Å². The summed E-state index contributed by atoms with van der Waals surface area (Å²) in [4.78, 5) is 39.7. The van der Waals surface area contributed by atoms with Gasteiger partial charge in [-0.15, -0.1) is 0 Å². The van der Waals surface area contributed by atoms with Gasteiger partial charge in [0, 0.05) is 6.20 Å². The number of carboxylic acid groups (broad SMARTS) is 1. The van der Waals surface area contributed by atoms with Crippen LogP contribution in [0.25, 0.3) is 0 Å². The lowest BCUT2D eigenvalue weighted by atomic mass is 10.2. The fourth-order valence-corrected chi connectivity index (χ4v) is 2.12. The maximum Gasteiger partial charge on any atom is 0.338 e. The first kappa shape index (κ1) is 12.9. The van der Waals surface area contributed by atoms with Crippen molar-refractivity contribution in [2.45, 2.75) is 0 Å². The molecule has 2 amide bonds. The van der Waals surface area contributed by atoms with Gasteiger partial charge in [-0.25, -0.2) is 14.1 Å². The Kier molecular flexibility index (Phi) is 2.76. The summed E-state index contributed by atoms with van der Waals surface area (Å²) >= 11 is 0. The number of imide groups is 1. The molecule has 1 aliphatic rings. The van der Waals surface area contributed by atoms with Crippen LogP contribution in [0.5, 0.6) is 0 Å². The third-order valence-electron chi connectivity index (χ3n) is 3.09. The lowest BCUT2D eigenvalue weighted by Gasteiger charge is -2.14. The summed E-state index contributed by atoms with van der Waals surface area (Å²) in [6.07, 6.45) is 1.38. The molecule has 1 aliphatic heterocycles. The number of rotatable bonds is 2. The Morgan fingerprint density at radius 2 is 1.95 bits per heavy atom. The molecule has 21 heavy (non-hydrogen) atoms. The second kappa shape index (κ2) is 4.48. The average Bonchev–Trinajstić information content (AvgIpc) is 2.71. The molecule has 3 rings (SSSR count). The van der Waals surface area contributed by atoms with Crippen molar-refractivity contribution in [3.8, 4) is 0 Å². The van der Waals surface area contributed by atoms with Crippen molar-refractivity contribution in [2.75, 3.05) is 4.90 Å². The minimum absolute atomic E-state index is 0.00906. The van der Waals surface area contributed by atoms with E-state index in [4.69, 9.17) is 5.11 Å². The Morgan fingerprint density at radius 1 is 1.19 bits per heavy atom. The number of carbonyl (C=O) groups excluding carboxylic acids is 2. The van der Waals surface area contributed by atoms with Crippen molar-refractivity contribution in [1.29, 1.82) is 0 Å². The first-order valence-corrected chi connectivity index (χ1v) is 5.87. The molecule has 2 heterocycles. The molecule has 2 aromatic rings. The molecule has 0 saturated carbocycles. The largest absolute Gasteiger partial charge is 0.478 e. The molecular formula is C14H7FN2O4. The van der Waals surface area contributed by atoms with Crippen LogP contribution in [0, 0.1) is 5.82 Å². The normalized spacial score (nSPS) is 13.5. The zero-order valence-electron chi connectivity index (χ0n) is 10.4. The number of carboxylic acids is 1. The van der Waals surface area contributed by atoms with Crippen LogP contribution in [-0.2, 0) is 0 Å². The van der Waals surface area contributed by atoms with Crippen LogP contribution < -0.4 is 4.90 Å². The highest BCUT2D eigenvalue weighted by atomic mass is 19.1. The zero-order chi connectivity index (χ0) is 15.1. The Morgan fingerprint density at radius 3 is 2.57 bits per heavy atom. The Bertz CT molecular complexity index is 768. The van der Waals surface area contributed by atoms with Gasteiger partial charge in [0.05, 0.1) is 16.8 Å². The van der Waals surface area contributed by atoms with E-state index in [9.17, 15) is 18.8 Å². The molecule has 0 aliphatic carbocycles. The van der Waals surface area contributed by atoms with Crippen molar-refractivity contribution in [1.82, 2.24) is 4.98 Å². The van der Waals surface area contributed by atoms with Gasteiger partial charge in [-0.05, 0) is 30.3 Å². The number of pyridine rings is 1. The summed E-state index contributed by atoms with van der Waals surface area (Å²) < 4.78 is 13.7. The van der Waals surface area contributed by atoms with E-state index in [0.29, 0.717) is 0 Å². The molecule has 1 aromatic carbocycles. The fourth-order valence-electron chi connectivity index (χ4n) is 2.12. The number of halogens is 1. The average molecular weight is 286 g/mol. The van der Waals surface area contributed by atoms with Crippen LogP contribution in [0.1, 0.15) is 31.2 Å². The first-order chi connectivity index (χ1) is 10.0.